The molecule has 2 aromatic rings. The van der Waals surface area contributed by atoms with Crippen LogP contribution in [0.1, 0.15) is 38.1 Å². The van der Waals surface area contributed by atoms with Gasteiger partial charge in [-0.25, -0.2) is 4.79 Å². The Bertz CT molecular complexity index is 994. The van der Waals surface area contributed by atoms with Crippen LogP contribution in [0, 0.1) is 0 Å². The molecule has 1 unspecified atom stereocenters. The van der Waals surface area contributed by atoms with Gasteiger partial charge in [-0.05, 0) is 45.0 Å². The monoisotopic (exact) mass is 498 g/mol. The van der Waals surface area contributed by atoms with E-state index in [9.17, 15) is 14.4 Å². The number of hydrogen-bond donors (Lipinski definition) is 2. The third kappa shape index (κ3) is 4.89. The van der Waals surface area contributed by atoms with Crippen LogP contribution in [0.5, 0.6) is 0 Å². The van der Waals surface area contributed by atoms with Gasteiger partial charge in [-0.2, -0.15) is 0 Å². The summed E-state index contributed by atoms with van der Waals surface area (Å²) in [5.41, 5.74) is 1.01. The first kappa shape index (κ1) is 22.4. The van der Waals surface area contributed by atoms with E-state index in [-0.39, 0.29) is 23.9 Å². The molecule has 8 nitrogen and oxygen atoms in total. The lowest BCUT2D eigenvalue weighted by molar-refractivity contribution is -0.119. The zero-order valence-corrected chi connectivity index (χ0v) is 19.3. The molecule has 10 heteroatoms. The quantitative estimate of drug-likeness (QED) is 0.632. The normalized spacial score (nSPS) is 16.2. The van der Waals surface area contributed by atoms with Crippen molar-refractivity contribution in [1.82, 2.24) is 20.0 Å². The summed E-state index contributed by atoms with van der Waals surface area (Å²) in [6, 6.07) is 6.86. The molecule has 1 aromatic carbocycles. The highest BCUT2D eigenvalue weighted by Crippen LogP contribution is 2.30. The molecule has 0 radical (unpaired) electrons. The molecule has 0 saturated heterocycles. The fourth-order valence-corrected chi connectivity index (χ4v) is 3.79. The Hall–Kier alpha value is -2.26. The van der Waals surface area contributed by atoms with Crippen molar-refractivity contribution in [2.75, 3.05) is 19.0 Å². The number of nitrogens with zero attached hydrogens (tertiary/aromatic N) is 2. The second-order valence-corrected chi connectivity index (χ2v) is 9.17. The van der Waals surface area contributed by atoms with Crippen molar-refractivity contribution in [3.8, 4) is 5.69 Å². The number of aromatic nitrogens is 2. The maximum atomic E-state index is 12.9. The molecule has 3 rings (SSSR count). The van der Waals surface area contributed by atoms with Crippen LogP contribution in [0.3, 0.4) is 0 Å². The van der Waals surface area contributed by atoms with Crippen molar-refractivity contribution < 1.29 is 14.3 Å². The van der Waals surface area contributed by atoms with Crippen molar-refractivity contribution in [3.63, 3.8) is 0 Å². The molecular formula is C20H24BrClN4O4. The summed E-state index contributed by atoms with van der Waals surface area (Å²) < 4.78 is 8.18. The largest absolute Gasteiger partial charge is 0.444 e. The topological polar surface area (TPSA) is 96.4 Å². The predicted molar refractivity (Wildman–Crippen MR) is 117 cm³/mol. The summed E-state index contributed by atoms with van der Waals surface area (Å²) in [6.45, 7) is 5.74. The molecule has 162 valence electrons. The van der Waals surface area contributed by atoms with Gasteiger partial charge in [0.1, 0.15) is 11.5 Å². The lowest BCUT2D eigenvalue weighted by Crippen LogP contribution is -2.48. The van der Waals surface area contributed by atoms with E-state index in [0.717, 1.165) is 15.9 Å². The minimum Gasteiger partial charge on any atom is -0.444 e. The van der Waals surface area contributed by atoms with Gasteiger partial charge in [0, 0.05) is 24.0 Å². The third-order valence-corrected chi connectivity index (χ3v) is 5.44. The van der Waals surface area contributed by atoms with Crippen LogP contribution in [-0.4, -0.2) is 51.3 Å². The molecule has 1 aromatic heterocycles. The van der Waals surface area contributed by atoms with Crippen molar-refractivity contribution >= 4 is 39.5 Å². The van der Waals surface area contributed by atoms with Gasteiger partial charge in [0.05, 0.1) is 23.0 Å². The first-order chi connectivity index (χ1) is 14.1. The van der Waals surface area contributed by atoms with Gasteiger partial charge in [0.25, 0.3) is 5.56 Å². The number of benzene rings is 1. The number of carbonyl (C=O) groups is 2. The summed E-state index contributed by atoms with van der Waals surface area (Å²) >= 11 is 9.00. The van der Waals surface area contributed by atoms with E-state index in [0.29, 0.717) is 18.5 Å². The fraction of sp³-hybridized carbons (Fsp3) is 0.450. The molecule has 2 N–H and O–H groups in total. The molecule has 0 saturated carbocycles. The average molecular weight is 500 g/mol. The number of rotatable bonds is 4. The maximum Gasteiger partial charge on any atom is 0.410 e. The number of carbonyl (C=O) groups excluding carboxylic acids is 2. The molecule has 0 aliphatic carbocycles. The summed E-state index contributed by atoms with van der Waals surface area (Å²) in [6.07, 6.45) is -0.0716. The second kappa shape index (κ2) is 8.85. The molecule has 1 aliphatic rings. The number of alkyl halides is 1. The standard InChI is InChI=1S/C20H24BrClN4O4/c1-20(2,3)30-19(29)25-9-8-14-17(15(25)11-23-16(27)10-22)18(28)24-26(14)13-6-4-12(21)5-7-13/h4-7,15H,8-11H2,1-3H3,(H,23,27)(H,24,28). The Morgan fingerprint density at radius 3 is 2.57 bits per heavy atom. The van der Waals surface area contributed by atoms with Crippen LogP contribution >= 0.6 is 27.5 Å². The molecule has 2 amide bonds. The second-order valence-electron chi connectivity index (χ2n) is 7.99. The smallest absolute Gasteiger partial charge is 0.410 e. The first-order valence-corrected chi connectivity index (χ1v) is 10.9. The molecule has 1 atom stereocenters. The van der Waals surface area contributed by atoms with Crippen LogP contribution in [0.2, 0.25) is 0 Å². The number of fused-ring (bicyclic) bond motifs is 1. The van der Waals surface area contributed by atoms with Gasteiger partial charge in [-0.3, -0.25) is 24.3 Å². The number of hydrogen-bond acceptors (Lipinski definition) is 4. The van der Waals surface area contributed by atoms with E-state index in [1.807, 2.05) is 24.3 Å². The molecule has 2 heterocycles. The third-order valence-electron chi connectivity index (χ3n) is 4.66. The molecule has 0 bridgehead atoms. The zero-order chi connectivity index (χ0) is 22.1. The van der Waals surface area contributed by atoms with Crippen molar-refractivity contribution in [2.45, 2.75) is 38.8 Å². The first-order valence-electron chi connectivity index (χ1n) is 9.52. The van der Waals surface area contributed by atoms with Gasteiger partial charge >= 0.3 is 6.09 Å². The molecule has 1 aliphatic heterocycles. The highest BCUT2D eigenvalue weighted by Gasteiger charge is 2.37. The highest BCUT2D eigenvalue weighted by atomic mass is 79.9. The van der Waals surface area contributed by atoms with E-state index >= 15 is 0 Å². The van der Waals surface area contributed by atoms with Crippen LogP contribution in [0.25, 0.3) is 5.69 Å². The number of nitrogens with one attached hydrogen (secondary N) is 2. The summed E-state index contributed by atoms with van der Waals surface area (Å²) in [5.74, 6) is -0.584. The number of aromatic amines is 1. The van der Waals surface area contributed by atoms with Gasteiger partial charge in [0.2, 0.25) is 5.91 Å². The van der Waals surface area contributed by atoms with E-state index < -0.39 is 17.7 Å². The van der Waals surface area contributed by atoms with Gasteiger partial charge in [0.15, 0.2) is 0 Å². The molecule has 0 fully saturated rings. The Balaban J connectivity index is 2.01. The van der Waals surface area contributed by atoms with Crippen molar-refractivity contribution in [2.24, 2.45) is 0 Å². The number of H-pyrrole nitrogens is 1. The highest BCUT2D eigenvalue weighted by molar-refractivity contribution is 9.10. The molecular weight excluding hydrogens is 476 g/mol. The van der Waals surface area contributed by atoms with Gasteiger partial charge in [-0.15, -0.1) is 11.6 Å². The fourth-order valence-electron chi connectivity index (χ4n) is 3.43. The Labute approximate surface area is 187 Å². The number of halogens is 2. The summed E-state index contributed by atoms with van der Waals surface area (Å²) in [7, 11) is 0. The van der Waals surface area contributed by atoms with E-state index in [1.54, 1.807) is 25.5 Å². The van der Waals surface area contributed by atoms with Gasteiger partial charge < -0.3 is 10.1 Å². The lowest BCUT2D eigenvalue weighted by atomic mass is 9.98. The SMILES string of the molecule is CC(C)(C)OC(=O)N1CCc2c(c(=O)[nH]n2-c2ccc(Br)cc2)C1CNC(=O)CCl. The average Bonchev–Trinajstić information content (AvgIpc) is 3.02. The minimum atomic E-state index is -0.683. The Morgan fingerprint density at radius 2 is 1.97 bits per heavy atom. The molecule has 0 spiro atoms. The zero-order valence-electron chi connectivity index (χ0n) is 17.0. The van der Waals surface area contributed by atoms with Crippen LogP contribution in [0.15, 0.2) is 33.5 Å². The number of ether oxygens (including phenoxy) is 1. The maximum absolute atomic E-state index is 12.9. The van der Waals surface area contributed by atoms with E-state index in [1.165, 1.54) is 4.90 Å². The van der Waals surface area contributed by atoms with Crippen LogP contribution in [0.4, 0.5) is 4.79 Å². The van der Waals surface area contributed by atoms with E-state index in [4.69, 9.17) is 16.3 Å². The number of amides is 2. The van der Waals surface area contributed by atoms with Crippen molar-refractivity contribution in [3.05, 3.63) is 50.3 Å². The summed E-state index contributed by atoms with van der Waals surface area (Å²) in [5, 5.41) is 5.54. The van der Waals surface area contributed by atoms with Crippen LogP contribution < -0.4 is 10.9 Å². The Kier molecular flexibility index (Phi) is 6.62. The van der Waals surface area contributed by atoms with Gasteiger partial charge in [-0.1, -0.05) is 15.9 Å². The van der Waals surface area contributed by atoms with E-state index in [2.05, 4.69) is 26.3 Å². The van der Waals surface area contributed by atoms with Crippen molar-refractivity contribution in [1.29, 1.82) is 0 Å². The molecule has 30 heavy (non-hydrogen) atoms. The summed E-state index contributed by atoms with van der Waals surface area (Å²) in [4.78, 5) is 38.9. The minimum absolute atomic E-state index is 0.0607. The Morgan fingerprint density at radius 1 is 1.30 bits per heavy atom. The predicted octanol–water partition coefficient (Wildman–Crippen LogP) is 3.12. The van der Waals surface area contributed by atoms with Crippen LogP contribution in [-0.2, 0) is 16.0 Å². The lowest BCUT2D eigenvalue weighted by Gasteiger charge is -2.36.